The van der Waals surface area contributed by atoms with E-state index in [9.17, 15) is 4.79 Å². The molecule has 0 amide bonds. The first-order valence-electron chi connectivity index (χ1n) is 5.94. The van der Waals surface area contributed by atoms with E-state index in [0.29, 0.717) is 23.5 Å². The fourth-order valence-electron chi connectivity index (χ4n) is 1.90. The van der Waals surface area contributed by atoms with Gasteiger partial charge in [-0.2, -0.15) is 0 Å². The highest BCUT2D eigenvalue weighted by atomic mass is 16.5. The SMILES string of the molecule is COC(=O)c1cc(CC(C)(C)N)c(OC)c(OC)c1. The van der Waals surface area contributed by atoms with E-state index in [-0.39, 0.29) is 0 Å². The predicted octanol–water partition coefficient (Wildman–Crippen LogP) is 1.77. The molecule has 1 aromatic rings. The molecule has 0 radical (unpaired) electrons. The van der Waals surface area contributed by atoms with Crippen LogP contribution in [0.1, 0.15) is 29.8 Å². The summed E-state index contributed by atoms with van der Waals surface area (Å²) in [5.41, 5.74) is 6.84. The number of hydrogen-bond donors (Lipinski definition) is 1. The molecule has 0 spiro atoms. The number of esters is 1. The van der Waals surface area contributed by atoms with E-state index in [1.54, 1.807) is 19.2 Å². The molecule has 1 aromatic carbocycles. The van der Waals surface area contributed by atoms with E-state index in [1.807, 2.05) is 13.8 Å². The maximum atomic E-state index is 11.6. The molecule has 0 atom stereocenters. The lowest BCUT2D eigenvalue weighted by molar-refractivity contribution is 0.0600. The van der Waals surface area contributed by atoms with Crippen LogP contribution in [0.2, 0.25) is 0 Å². The first-order valence-corrected chi connectivity index (χ1v) is 5.94. The third-order valence-corrected chi connectivity index (χ3v) is 2.62. The highest BCUT2D eigenvalue weighted by molar-refractivity contribution is 5.90. The Labute approximate surface area is 113 Å². The first kappa shape index (κ1) is 15.3. The number of methoxy groups -OCH3 is 3. The van der Waals surface area contributed by atoms with Crippen LogP contribution in [0.25, 0.3) is 0 Å². The standard InChI is InChI=1S/C14H21NO4/c1-14(2,15)8-10-6-9(13(16)19-5)7-11(17-3)12(10)18-4/h6-7H,8,15H2,1-5H3. The Morgan fingerprint density at radius 3 is 2.26 bits per heavy atom. The van der Waals surface area contributed by atoms with Crippen LogP contribution in [0.15, 0.2) is 12.1 Å². The third-order valence-electron chi connectivity index (χ3n) is 2.62. The Morgan fingerprint density at radius 1 is 1.21 bits per heavy atom. The fraction of sp³-hybridized carbons (Fsp3) is 0.500. The molecule has 0 unspecified atom stereocenters. The summed E-state index contributed by atoms with van der Waals surface area (Å²) in [5, 5.41) is 0. The van der Waals surface area contributed by atoms with E-state index in [1.165, 1.54) is 14.2 Å². The summed E-state index contributed by atoms with van der Waals surface area (Å²) in [6.07, 6.45) is 0.553. The predicted molar refractivity (Wildman–Crippen MR) is 72.9 cm³/mol. The molecule has 2 N–H and O–H groups in total. The number of carbonyl (C=O) groups excluding carboxylic acids is 1. The van der Waals surface area contributed by atoms with Crippen LogP contribution in [0.3, 0.4) is 0 Å². The van der Waals surface area contributed by atoms with Crippen molar-refractivity contribution in [2.24, 2.45) is 5.73 Å². The second-order valence-corrected chi connectivity index (χ2v) is 5.03. The monoisotopic (exact) mass is 267 g/mol. The normalized spacial score (nSPS) is 11.1. The second kappa shape index (κ2) is 5.93. The van der Waals surface area contributed by atoms with Gasteiger partial charge in [-0.25, -0.2) is 4.79 Å². The van der Waals surface area contributed by atoms with Crippen molar-refractivity contribution in [1.29, 1.82) is 0 Å². The van der Waals surface area contributed by atoms with Gasteiger partial charge in [-0.1, -0.05) is 0 Å². The van der Waals surface area contributed by atoms with Crippen molar-refractivity contribution in [1.82, 2.24) is 0 Å². The van der Waals surface area contributed by atoms with Crippen molar-refractivity contribution in [2.75, 3.05) is 21.3 Å². The van der Waals surface area contributed by atoms with Crippen molar-refractivity contribution >= 4 is 5.97 Å². The van der Waals surface area contributed by atoms with Gasteiger partial charge in [0.2, 0.25) is 0 Å². The quantitative estimate of drug-likeness (QED) is 0.823. The number of nitrogens with two attached hydrogens (primary N) is 1. The van der Waals surface area contributed by atoms with Crippen LogP contribution in [0, 0.1) is 0 Å². The lowest BCUT2D eigenvalue weighted by atomic mass is 9.94. The third kappa shape index (κ3) is 3.86. The van der Waals surface area contributed by atoms with Crippen molar-refractivity contribution in [3.63, 3.8) is 0 Å². The van der Waals surface area contributed by atoms with Gasteiger partial charge in [-0.05, 0) is 32.4 Å². The first-order chi connectivity index (χ1) is 8.82. The molecular weight excluding hydrogens is 246 g/mol. The van der Waals surface area contributed by atoms with Gasteiger partial charge in [-0.15, -0.1) is 0 Å². The zero-order chi connectivity index (χ0) is 14.6. The minimum atomic E-state index is -0.424. The largest absolute Gasteiger partial charge is 0.493 e. The Balaban J connectivity index is 3.35. The minimum absolute atomic E-state index is 0.416. The maximum absolute atomic E-state index is 11.6. The molecule has 5 nitrogen and oxygen atoms in total. The molecule has 0 bridgehead atoms. The number of hydrogen-bond acceptors (Lipinski definition) is 5. The molecule has 0 aliphatic heterocycles. The molecule has 19 heavy (non-hydrogen) atoms. The zero-order valence-electron chi connectivity index (χ0n) is 12.1. The lowest BCUT2D eigenvalue weighted by Gasteiger charge is -2.21. The summed E-state index contributed by atoms with van der Waals surface area (Å²) in [7, 11) is 4.42. The molecular formula is C14H21NO4. The van der Waals surface area contributed by atoms with Crippen LogP contribution in [-0.2, 0) is 11.2 Å². The molecule has 5 heteroatoms. The van der Waals surface area contributed by atoms with Gasteiger partial charge >= 0.3 is 5.97 Å². The number of ether oxygens (including phenoxy) is 3. The summed E-state index contributed by atoms with van der Waals surface area (Å²) in [6, 6.07) is 3.32. The van der Waals surface area contributed by atoms with Gasteiger partial charge < -0.3 is 19.9 Å². The van der Waals surface area contributed by atoms with Gasteiger partial charge in [0, 0.05) is 11.1 Å². The van der Waals surface area contributed by atoms with Gasteiger partial charge in [0.15, 0.2) is 11.5 Å². The van der Waals surface area contributed by atoms with E-state index in [4.69, 9.17) is 19.9 Å². The highest BCUT2D eigenvalue weighted by Crippen LogP contribution is 2.34. The summed E-state index contributed by atoms with van der Waals surface area (Å²) < 4.78 is 15.3. The Kier molecular flexibility index (Phi) is 4.78. The van der Waals surface area contributed by atoms with Gasteiger partial charge in [0.1, 0.15) is 0 Å². The number of benzene rings is 1. The van der Waals surface area contributed by atoms with Crippen molar-refractivity contribution in [3.8, 4) is 11.5 Å². The molecule has 0 saturated carbocycles. The molecule has 0 aromatic heterocycles. The second-order valence-electron chi connectivity index (χ2n) is 5.03. The van der Waals surface area contributed by atoms with Gasteiger partial charge in [0.25, 0.3) is 0 Å². The molecule has 0 heterocycles. The Morgan fingerprint density at radius 2 is 1.84 bits per heavy atom. The molecule has 0 aliphatic rings. The number of rotatable bonds is 5. The van der Waals surface area contributed by atoms with E-state index >= 15 is 0 Å². The van der Waals surface area contributed by atoms with Crippen LogP contribution < -0.4 is 15.2 Å². The summed E-state index contributed by atoms with van der Waals surface area (Å²) in [5.74, 6) is 0.662. The van der Waals surface area contributed by atoms with E-state index < -0.39 is 11.5 Å². The van der Waals surface area contributed by atoms with Crippen LogP contribution in [0.5, 0.6) is 11.5 Å². The van der Waals surface area contributed by atoms with Gasteiger partial charge in [-0.3, -0.25) is 0 Å². The van der Waals surface area contributed by atoms with Crippen LogP contribution in [-0.4, -0.2) is 32.8 Å². The summed E-state index contributed by atoms with van der Waals surface area (Å²) >= 11 is 0. The minimum Gasteiger partial charge on any atom is -0.493 e. The van der Waals surface area contributed by atoms with Crippen molar-refractivity contribution in [2.45, 2.75) is 25.8 Å². The van der Waals surface area contributed by atoms with Crippen molar-refractivity contribution < 1.29 is 19.0 Å². The molecule has 0 saturated heterocycles. The Hall–Kier alpha value is -1.75. The Bertz CT molecular complexity index is 463. The molecule has 0 aliphatic carbocycles. The number of carbonyl (C=O) groups is 1. The van der Waals surface area contributed by atoms with E-state index in [2.05, 4.69) is 0 Å². The zero-order valence-corrected chi connectivity index (χ0v) is 12.1. The average Bonchev–Trinajstić information content (AvgIpc) is 2.34. The molecule has 106 valence electrons. The summed E-state index contributed by atoms with van der Waals surface area (Å²) in [6.45, 7) is 3.81. The van der Waals surface area contributed by atoms with Crippen LogP contribution >= 0.6 is 0 Å². The maximum Gasteiger partial charge on any atom is 0.337 e. The topological polar surface area (TPSA) is 70.8 Å². The lowest BCUT2D eigenvalue weighted by Crippen LogP contribution is -2.34. The smallest absolute Gasteiger partial charge is 0.337 e. The van der Waals surface area contributed by atoms with Gasteiger partial charge in [0.05, 0.1) is 26.9 Å². The molecule has 0 fully saturated rings. The summed E-state index contributed by atoms with van der Waals surface area (Å²) in [4.78, 5) is 11.6. The van der Waals surface area contributed by atoms with Crippen LogP contribution in [0.4, 0.5) is 0 Å². The average molecular weight is 267 g/mol. The van der Waals surface area contributed by atoms with E-state index in [0.717, 1.165) is 5.56 Å². The molecule has 1 rings (SSSR count). The van der Waals surface area contributed by atoms with Crippen molar-refractivity contribution in [3.05, 3.63) is 23.3 Å². The fourth-order valence-corrected chi connectivity index (χ4v) is 1.90. The highest BCUT2D eigenvalue weighted by Gasteiger charge is 2.21.